The third-order valence-corrected chi connectivity index (χ3v) is 5.14. The standard InChI is InChI=1S/C19H26N4O2/c1-2-25-17-4-3-9-23(14-17)19(24)16-7-10-22(11-8-16)18-6-5-15(12-20)13-21-18/h5-6,13,16-17H,2-4,7-11,14H2,1H3. The lowest BCUT2D eigenvalue weighted by Crippen LogP contribution is -2.48. The van der Waals surface area contributed by atoms with E-state index >= 15 is 0 Å². The smallest absolute Gasteiger partial charge is 0.225 e. The molecular formula is C19H26N4O2. The summed E-state index contributed by atoms with van der Waals surface area (Å²) in [6.07, 6.45) is 5.61. The number of likely N-dealkylation sites (tertiary alicyclic amines) is 1. The van der Waals surface area contributed by atoms with Gasteiger partial charge in [-0.3, -0.25) is 4.79 Å². The maximum absolute atomic E-state index is 12.8. The SMILES string of the molecule is CCOC1CCCN(C(=O)C2CCN(c3ccc(C#N)cn3)CC2)C1. The molecule has 1 atom stereocenters. The lowest BCUT2D eigenvalue weighted by atomic mass is 9.94. The maximum Gasteiger partial charge on any atom is 0.225 e. The number of nitrogens with zero attached hydrogens (tertiary/aromatic N) is 4. The Kier molecular flexibility index (Phi) is 5.87. The van der Waals surface area contributed by atoms with E-state index in [1.807, 2.05) is 17.9 Å². The van der Waals surface area contributed by atoms with Gasteiger partial charge in [-0.15, -0.1) is 0 Å². The molecule has 1 aromatic heterocycles. The van der Waals surface area contributed by atoms with E-state index in [4.69, 9.17) is 10.00 Å². The minimum absolute atomic E-state index is 0.106. The number of hydrogen-bond donors (Lipinski definition) is 0. The van der Waals surface area contributed by atoms with Crippen molar-refractivity contribution >= 4 is 11.7 Å². The monoisotopic (exact) mass is 342 g/mol. The number of carbonyl (C=O) groups excluding carboxylic acids is 1. The highest BCUT2D eigenvalue weighted by Gasteiger charge is 2.31. The third-order valence-electron chi connectivity index (χ3n) is 5.14. The summed E-state index contributed by atoms with van der Waals surface area (Å²) in [4.78, 5) is 21.4. The molecule has 0 aliphatic carbocycles. The van der Waals surface area contributed by atoms with Gasteiger partial charge >= 0.3 is 0 Å². The number of carbonyl (C=O) groups is 1. The second-order valence-corrected chi connectivity index (χ2v) is 6.78. The average molecular weight is 342 g/mol. The van der Waals surface area contributed by atoms with Gasteiger partial charge in [0.15, 0.2) is 0 Å². The largest absolute Gasteiger partial charge is 0.377 e. The number of aromatic nitrogens is 1. The van der Waals surface area contributed by atoms with Crippen LogP contribution in [0.4, 0.5) is 5.82 Å². The van der Waals surface area contributed by atoms with Gasteiger partial charge in [0.1, 0.15) is 11.9 Å². The Hall–Kier alpha value is -2.13. The summed E-state index contributed by atoms with van der Waals surface area (Å²) in [5.41, 5.74) is 0.572. The third kappa shape index (κ3) is 4.29. The summed E-state index contributed by atoms with van der Waals surface area (Å²) in [6.45, 7) is 5.98. The average Bonchev–Trinajstić information content (AvgIpc) is 2.68. The Labute approximate surface area is 149 Å². The molecule has 0 radical (unpaired) electrons. The van der Waals surface area contributed by atoms with Gasteiger partial charge in [-0.25, -0.2) is 4.98 Å². The minimum atomic E-state index is 0.106. The Morgan fingerprint density at radius 2 is 2.12 bits per heavy atom. The van der Waals surface area contributed by atoms with Crippen molar-refractivity contribution in [2.45, 2.75) is 38.7 Å². The van der Waals surface area contributed by atoms with Gasteiger partial charge in [0.25, 0.3) is 0 Å². The first-order valence-corrected chi connectivity index (χ1v) is 9.22. The van der Waals surface area contributed by atoms with E-state index < -0.39 is 0 Å². The van der Waals surface area contributed by atoms with Crippen LogP contribution < -0.4 is 4.90 Å². The Morgan fingerprint density at radius 1 is 1.32 bits per heavy atom. The fourth-order valence-electron chi connectivity index (χ4n) is 3.76. The molecule has 6 nitrogen and oxygen atoms in total. The topological polar surface area (TPSA) is 69.5 Å². The van der Waals surface area contributed by atoms with Gasteiger partial charge in [-0.2, -0.15) is 5.26 Å². The van der Waals surface area contributed by atoms with Crippen LogP contribution in [0.1, 0.15) is 38.2 Å². The summed E-state index contributed by atoms with van der Waals surface area (Å²) in [6, 6.07) is 5.77. The quantitative estimate of drug-likeness (QED) is 0.839. The van der Waals surface area contributed by atoms with Crippen LogP contribution in [0.25, 0.3) is 0 Å². The Bertz CT molecular complexity index is 615. The van der Waals surface area contributed by atoms with E-state index in [2.05, 4.69) is 16.0 Å². The van der Waals surface area contributed by atoms with Gasteiger partial charge in [0.2, 0.25) is 5.91 Å². The van der Waals surface area contributed by atoms with Gasteiger partial charge in [0, 0.05) is 44.9 Å². The van der Waals surface area contributed by atoms with Crippen molar-refractivity contribution in [2.75, 3.05) is 37.7 Å². The fraction of sp³-hybridized carbons (Fsp3) is 0.632. The van der Waals surface area contributed by atoms with Crippen molar-refractivity contribution in [2.24, 2.45) is 5.92 Å². The van der Waals surface area contributed by atoms with Crippen LogP contribution in [0.3, 0.4) is 0 Å². The number of hydrogen-bond acceptors (Lipinski definition) is 5. The van der Waals surface area contributed by atoms with Crippen molar-refractivity contribution in [3.05, 3.63) is 23.9 Å². The fourth-order valence-corrected chi connectivity index (χ4v) is 3.76. The first-order chi connectivity index (χ1) is 12.2. The summed E-state index contributed by atoms with van der Waals surface area (Å²) < 4.78 is 5.71. The van der Waals surface area contributed by atoms with Crippen molar-refractivity contribution < 1.29 is 9.53 Å². The summed E-state index contributed by atoms with van der Waals surface area (Å²) in [5.74, 6) is 1.28. The van der Waals surface area contributed by atoms with Crippen LogP contribution in [0, 0.1) is 17.2 Å². The Morgan fingerprint density at radius 3 is 2.76 bits per heavy atom. The second kappa shape index (κ2) is 8.30. The first kappa shape index (κ1) is 17.7. The zero-order chi connectivity index (χ0) is 17.6. The molecule has 3 heterocycles. The van der Waals surface area contributed by atoms with E-state index in [1.165, 1.54) is 0 Å². The van der Waals surface area contributed by atoms with Gasteiger partial charge < -0.3 is 14.5 Å². The number of ether oxygens (including phenoxy) is 1. The predicted molar refractivity (Wildman–Crippen MR) is 95.1 cm³/mol. The van der Waals surface area contributed by atoms with E-state index in [0.717, 1.165) is 57.7 Å². The summed E-state index contributed by atoms with van der Waals surface area (Å²) >= 11 is 0. The molecule has 0 spiro atoms. The molecule has 1 aromatic rings. The number of rotatable bonds is 4. The first-order valence-electron chi connectivity index (χ1n) is 9.22. The van der Waals surface area contributed by atoms with Crippen molar-refractivity contribution in [3.63, 3.8) is 0 Å². The predicted octanol–water partition coefficient (Wildman–Crippen LogP) is 2.20. The van der Waals surface area contributed by atoms with E-state index in [1.54, 1.807) is 12.3 Å². The van der Waals surface area contributed by atoms with E-state index in [0.29, 0.717) is 12.2 Å². The lowest BCUT2D eigenvalue weighted by Gasteiger charge is -2.38. The molecule has 134 valence electrons. The van der Waals surface area contributed by atoms with Gasteiger partial charge in [-0.05, 0) is 44.7 Å². The number of amides is 1. The molecular weight excluding hydrogens is 316 g/mol. The molecule has 0 N–H and O–H groups in total. The second-order valence-electron chi connectivity index (χ2n) is 6.78. The van der Waals surface area contributed by atoms with Crippen molar-refractivity contribution in [1.29, 1.82) is 5.26 Å². The number of anilines is 1. The zero-order valence-corrected chi connectivity index (χ0v) is 14.9. The molecule has 2 aliphatic rings. The van der Waals surface area contributed by atoms with E-state index in [-0.39, 0.29) is 17.9 Å². The lowest BCUT2D eigenvalue weighted by molar-refractivity contribution is -0.140. The molecule has 2 fully saturated rings. The highest BCUT2D eigenvalue weighted by Crippen LogP contribution is 2.25. The normalized spacial score (nSPS) is 21.8. The van der Waals surface area contributed by atoms with Crippen LogP contribution in [-0.2, 0) is 9.53 Å². The van der Waals surface area contributed by atoms with Crippen molar-refractivity contribution in [3.8, 4) is 6.07 Å². The minimum Gasteiger partial charge on any atom is -0.377 e. The number of piperidine rings is 2. The Balaban J connectivity index is 1.52. The molecule has 2 aliphatic heterocycles. The van der Waals surface area contributed by atoms with Crippen LogP contribution in [-0.4, -0.2) is 54.7 Å². The molecule has 0 bridgehead atoms. The zero-order valence-electron chi connectivity index (χ0n) is 14.9. The van der Waals surface area contributed by atoms with Crippen molar-refractivity contribution in [1.82, 2.24) is 9.88 Å². The number of pyridine rings is 1. The van der Waals surface area contributed by atoms with Crippen LogP contribution in [0.15, 0.2) is 18.3 Å². The molecule has 2 saturated heterocycles. The maximum atomic E-state index is 12.8. The van der Waals surface area contributed by atoms with Gasteiger partial charge in [-0.1, -0.05) is 0 Å². The van der Waals surface area contributed by atoms with E-state index in [9.17, 15) is 4.79 Å². The summed E-state index contributed by atoms with van der Waals surface area (Å²) in [7, 11) is 0. The highest BCUT2D eigenvalue weighted by molar-refractivity contribution is 5.79. The molecule has 1 unspecified atom stereocenters. The molecule has 25 heavy (non-hydrogen) atoms. The molecule has 1 amide bonds. The molecule has 6 heteroatoms. The highest BCUT2D eigenvalue weighted by atomic mass is 16.5. The molecule has 3 rings (SSSR count). The van der Waals surface area contributed by atoms with Gasteiger partial charge in [0.05, 0.1) is 11.7 Å². The molecule has 0 saturated carbocycles. The molecule has 0 aromatic carbocycles. The van der Waals surface area contributed by atoms with Crippen LogP contribution in [0.5, 0.6) is 0 Å². The van der Waals surface area contributed by atoms with Crippen LogP contribution in [0.2, 0.25) is 0 Å². The van der Waals surface area contributed by atoms with Crippen LogP contribution >= 0.6 is 0 Å². The number of nitriles is 1. The summed E-state index contributed by atoms with van der Waals surface area (Å²) in [5, 5.41) is 8.86.